The van der Waals surface area contributed by atoms with Crippen LogP contribution in [0, 0.1) is 5.92 Å². The van der Waals surface area contributed by atoms with Crippen LogP contribution in [0.3, 0.4) is 0 Å². The molecule has 1 fully saturated rings. The van der Waals surface area contributed by atoms with Gasteiger partial charge < -0.3 is 10.4 Å². The van der Waals surface area contributed by atoms with Gasteiger partial charge in [-0.2, -0.15) is 0 Å². The molecule has 126 valence electrons. The van der Waals surface area contributed by atoms with E-state index in [2.05, 4.69) is 15.2 Å². The van der Waals surface area contributed by atoms with Gasteiger partial charge in [0.05, 0.1) is 11.9 Å². The van der Waals surface area contributed by atoms with Crippen molar-refractivity contribution in [2.75, 3.05) is 25.0 Å². The van der Waals surface area contributed by atoms with Gasteiger partial charge in [-0.1, -0.05) is 12.1 Å². The van der Waals surface area contributed by atoms with E-state index in [0.29, 0.717) is 23.8 Å². The van der Waals surface area contributed by atoms with Crippen LogP contribution in [-0.4, -0.2) is 40.6 Å². The Bertz CT molecular complexity index is 650. The van der Waals surface area contributed by atoms with Crippen LogP contribution in [0.2, 0.25) is 0 Å². The number of pyridine rings is 1. The SMILES string of the molecule is O=C(Nc1cccnc1)c1ccc(CN2CCC(CO)CC2)cc1. The molecule has 0 aliphatic carbocycles. The topological polar surface area (TPSA) is 65.5 Å². The van der Waals surface area contributed by atoms with Crippen LogP contribution in [0.4, 0.5) is 5.69 Å². The molecule has 1 aliphatic heterocycles. The number of anilines is 1. The fourth-order valence-electron chi connectivity index (χ4n) is 2.99. The van der Waals surface area contributed by atoms with Crippen molar-refractivity contribution in [3.05, 3.63) is 59.9 Å². The fraction of sp³-hybridized carbons (Fsp3) is 0.368. The molecule has 5 nitrogen and oxygen atoms in total. The van der Waals surface area contributed by atoms with E-state index >= 15 is 0 Å². The number of aromatic nitrogens is 1. The average Bonchev–Trinajstić information content (AvgIpc) is 2.64. The molecule has 2 heterocycles. The Morgan fingerprint density at radius 1 is 1.21 bits per heavy atom. The Labute approximate surface area is 142 Å². The number of carbonyl (C=O) groups excluding carboxylic acids is 1. The van der Waals surface area contributed by atoms with Crippen LogP contribution in [-0.2, 0) is 6.54 Å². The number of benzene rings is 1. The number of likely N-dealkylation sites (tertiary alicyclic amines) is 1. The molecule has 3 rings (SSSR count). The number of piperidine rings is 1. The van der Waals surface area contributed by atoms with Gasteiger partial charge in [0.1, 0.15) is 0 Å². The lowest BCUT2D eigenvalue weighted by molar-refractivity contribution is 0.102. The van der Waals surface area contributed by atoms with E-state index in [-0.39, 0.29) is 5.91 Å². The van der Waals surface area contributed by atoms with Crippen molar-refractivity contribution >= 4 is 11.6 Å². The number of amides is 1. The molecule has 0 spiro atoms. The third-order valence-electron chi connectivity index (χ3n) is 4.51. The zero-order valence-electron chi connectivity index (χ0n) is 13.7. The third-order valence-corrected chi connectivity index (χ3v) is 4.51. The minimum absolute atomic E-state index is 0.127. The van der Waals surface area contributed by atoms with Crippen molar-refractivity contribution in [1.29, 1.82) is 0 Å². The molecule has 0 saturated carbocycles. The highest BCUT2D eigenvalue weighted by Crippen LogP contribution is 2.18. The molecular formula is C19H23N3O2. The van der Waals surface area contributed by atoms with Gasteiger partial charge in [-0.3, -0.25) is 14.7 Å². The summed E-state index contributed by atoms with van der Waals surface area (Å²) >= 11 is 0. The van der Waals surface area contributed by atoms with Crippen molar-refractivity contribution in [1.82, 2.24) is 9.88 Å². The number of rotatable bonds is 5. The number of nitrogens with one attached hydrogen (secondary N) is 1. The zero-order valence-corrected chi connectivity index (χ0v) is 13.7. The van der Waals surface area contributed by atoms with Crippen molar-refractivity contribution < 1.29 is 9.90 Å². The van der Waals surface area contributed by atoms with Crippen molar-refractivity contribution in [2.24, 2.45) is 5.92 Å². The highest BCUT2D eigenvalue weighted by Gasteiger charge is 2.18. The first-order valence-corrected chi connectivity index (χ1v) is 8.38. The van der Waals surface area contributed by atoms with E-state index in [1.54, 1.807) is 18.5 Å². The summed E-state index contributed by atoms with van der Waals surface area (Å²) in [7, 11) is 0. The van der Waals surface area contributed by atoms with E-state index < -0.39 is 0 Å². The smallest absolute Gasteiger partial charge is 0.255 e. The number of hydrogen-bond acceptors (Lipinski definition) is 4. The summed E-state index contributed by atoms with van der Waals surface area (Å²) in [6.45, 7) is 3.24. The molecule has 1 aromatic heterocycles. The lowest BCUT2D eigenvalue weighted by Gasteiger charge is -2.31. The van der Waals surface area contributed by atoms with Gasteiger partial charge >= 0.3 is 0 Å². The highest BCUT2D eigenvalue weighted by atomic mass is 16.3. The summed E-state index contributed by atoms with van der Waals surface area (Å²) in [6, 6.07) is 11.4. The largest absolute Gasteiger partial charge is 0.396 e. The molecule has 0 atom stereocenters. The average molecular weight is 325 g/mol. The minimum Gasteiger partial charge on any atom is -0.396 e. The molecule has 5 heteroatoms. The first kappa shape index (κ1) is 16.6. The van der Waals surface area contributed by atoms with Crippen molar-refractivity contribution in [3.8, 4) is 0 Å². The molecule has 0 bridgehead atoms. The van der Waals surface area contributed by atoms with Crippen LogP contribution < -0.4 is 5.32 Å². The Kier molecular flexibility index (Phi) is 5.56. The Balaban J connectivity index is 1.54. The van der Waals surface area contributed by atoms with Crippen molar-refractivity contribution in [2.45, 2.75) is 19.4 Å². The molecule has 1 amide bonds. The number of hydrogen-bond donors (Lipinski definition) is 2. The van der Waals surface area contributed by atoms with Gasteiger partial charge in [-0.15, -0.1) is 0 Å². The first-order chi connectivity index (χ1) is 11.7. The van der Waals surface area contributed by atoms with Gasteiger partial charge in [0.25, 0.3) is 5.91 Å². The number of carbonyl (C=O) groups is 1. The number of nitrogens with zero attached hydrogens (tertiary/aromatic N) is 2. The van der Waals surface area contributed by atoms with Crippen molar-refractivity contribution in [3.63, 3.8) is 0 Å². The molecule has 1 aromatic carbocycles. The van der Waals surface area contributed by atoms with Crippen LogP contribution in [0.1, 0.15) is 28.8 Å². The van der Waals surface area contributed by atoms with Gasteiger partial charge in [0.2, 0.25) is 0 Å². The Hall–Kier alpha value is -2.24. The molecule has 0 unspecified atom stereocenters. The third kappa shape index (κ3) is 4.40. The summed E-state index contributed by atoms with van der Waals surface area (Å²) < 4.78 is 0. The lowest BCUT2D eigenvalue weighted by atomic mass is 9.97. The Morgan fingerprint density at radius 3 is 2.58 bits per heavy atom. The molecule has 2 aromatic rings. The standard InChI is InChI=1S/C19H23N3O2/c23-14-16-7-10-22(11-8-16)13-15-3-5-17(6-4-15)19(24)21-18-2-1-9-20-12-18/h1-6,9,12,16,23H,7-8,10-11,13-14H2,(H,21,24). The van der Waals surface area contributed by atoms with Gasteiger partial charge in [0, 0.05) is 24.9 Å². The van der Waals surface area contributed by atoms with Crippen LogP contribution >= 0.6 is 0 Å². The van der Waals surface area contributed by atoms with E-state index in [9.17, 15) is 9.90 Å². The van der Waals surface area contributed by atoms with Crippen LogP contribution in [0.25, 0.3) is 0 Å². The Morgan fingerprint density at radius 2 is 1.96 bits per heavy atom. The van der Waals surface area contributed by atoms with Gasteiger partial charge in [-0.25, -0.2) is 0 Å². The zero-order chi connectivity index (χ0) is 16.8. The second kappa shape index (κ2) is 8.04. The number of aliphatic hydroxyl groups is 1. The summed E-state index contributed by atoms with van der Waals surface area (Å²) in [5.74, 6) is 0.332. The highest BCUT2D eigenvalue weighted by molar-refractivity contribution is 6.04. The molecule has 2 N–H and O–H groups in total. The monoisotopic (exact) mass is 325 g/mol. The summed E-state index contributed by atoms with van der Waals surface area (Å²) in [4.78, 5) is 18.6. The second-order valence-electron chi connectivity index (χ2n) is 6.29. The first-order valence-electron chi connectivity index (χ1n) is 8.38. The van der Waals surface area contributed by atoms with Crippen LogP contribution in [0.15, 0.2) is 48.8 Å². The van der Waals surface area contributed by atoms with Gasteiger partial charge in [0.15, 0.2) is 0 Å². The van der Waals surface area contributed by atoms with E-state index in [1.165, 1.54) is 5.56 Å². The molecule has 1 aliphatic rings. The maximum atomic E-state index is 12.2. The fourth-order valence-corrected chi connectivity index (χ4v) is 2.99. The number of aliphatic hydroxyl groups excluding tert-OH is 1. The van der Waals surface area contributed by atoms with Gasteiger partial charge in [-0.05, 0) is 61.7 Å². The summed E-state index contributed by atoms with van der Waals surface area (Å²) in [5, 5.41) is 12.0. The second-order valence-corrected chi connectivity index (χ2v) is 6.29. The maximum Gasteiger partial charge on any atom is 0.255 e. The minimum atomic E-state index is -0.127. The maximum absolute atomic E-state index is 12.2. The summed E-state index contributed by atoms with van der Waals surface area (Å²) in [6.07, 6.45) is 5.42. The normalized spacial score (nSPS) is 16.0. The molecule has 0 radical (unpaired) electrons. The molecular weight excluding hydrogens is 302 g/mol. The van der Waals surface area contributed by atoms with E-state index in [4.69, 9.17) is 0 Å². The van der Waals surface area contributed by atoms with E-state index in [1.807, 2.05) is 30.3 Å². The predicted octanol–water partition coefficient (Wildman–Crippen LogP) is 2.54. The quantitative estimate of drug-likeness (QED) is 0.887. The van der Waals surface area contributed by atoms with E-state index in [0.717, 1.165) is 32.5 Å². The predicted molar refractivity (Wildman–Crippen MR) is 93.7 cm³/mol. The summed E-state index contributed by atoms with van der Waals surface area (Å²) in [5.41, 5.74) is 2.54. The molecule has 24 heavy (non-hydrogen) atoms. The molecule has 1 saturated heterocycles. The lowest BCUT2D eigenvalue weighted by Crippen LogP contribution is -2.34. The van der Waals surface area contributed by atoms with Crippen LogP contribution in [0.5, 0.6) is 0 Å².